The van der Waals surface area contributed by atoms with Crippen LogP contribution in [0.15, 0.2) is 45.8 Å². The standard InChI is InChI=1S/C13H10BrCl2NO2S/c1-8-2-4-10(7-11(8)15)17-20(18,19)13-5-3-9(14)6-12(13)16/h2-7,17H,1H3. The molecule has 0 spiro atoms. The van der Waals surface area contributed by atoms with E-state index in [0.29, 0.717) is 15.2 Å². The third kappa shape index (κ3) is 3.47. The molecule has 2 rings (SSSR count). The van der Waals surface area contributed by atoms with E-state index in [4.69, 9.17) is 23.2 Å². The van der Waals surface area contributed by atoms with Gasteiger partial charge in [0.2, 0.25) is 0 Å². The fraction of sp³-hybridized carbons (Fsp3) is 0.0769. The number of hydrogen-bond donors (Lipinski definition) is 1. The Kier molecular flexibility index (Phi) is 4.64. The van der Waals surface area contributed by atoms with Gasteiger partial charge in [-0.2, -0.15) is 0 Å². The quantitative estimate of drug-likeness (QED) is 0.807. The molecule has 7 heteroatoms. The number of halogens is 3. The third-order valence-corrected chi connectivity index (χ3v) is 5.37. The Bertz CT molecular complexity index is 763. The number of sulfonamides is 1. The smallest absolute Gasteiger partial charge is 0.263 e. The third-order valence-electron chi connectivity index (χ3n) is 2.61. The van der Waals surface area contributed by atoms with E-state index in [9.17, 15) is 8.42 Å². The molecule has 2 aromatic carbocycles. The van der Waals surface area contributed by atoms with Crippen LogP contribution < -0.4 is 4.72 Å². The lowest BCUT2D eigenvalue weighted by Crippen LogP contribution is -2.13. The van der Waals surface area contributed by atoms with E-state index in [1.54, 1.807) is 24.3 Å². The first kappa shape index (κ1) is 15.6. The second-order valence-electron chi connectivity index (χ2n) is 4.14. The average molecular weight is 395 g/mol. The largest absolute Gasteiger partial charge is 0.280 e. The zero-order valence-electron chi connectivity index (χ0n) is 10.3. The van der Waals surface area contributed by atoms with Crippen molar-refractivity contribution in [3.05, 3.63) is 56.5 Å². The summed E-state index contributed by atoms with van der Waals surface area (Å²) >= 11 is 15.2. The molecular formula is C13H10BrCl2NO2S. The zero-order chi connectivity index (χ0) is 14.9. The first-order valence-electron chi connectivity index (χ1n) is 5.53. The van der Waals surface area contributed by atoms with Crippen LogP contribution in [-0.4, -0.2) is 8.42 Å². The summed E-state index contributed by atoms with van der Waals surface area (Å²) in [4.78, 5) is 0.0130. The molecule has 2 aromatic rings. The molecule has 0 saturated heterocycles. The predicted molar refractivity (Wildman–Crippen MR) is 86.1 cm³/mol. The van der Waals surface area contributed by atoms with Gasteiger partial charge in [-0.05, 0) is 42.8 Å². The van der Waals surface area contributed by atoms with Crippen LogP contribution in [0.3, 0.4) is 0 Å². The molecule has 0 fully saturated rings. The number of nitrogens with one attached hydrogen (secondary N) is 1. The summed E-state index contributed by atoms with van der Waals surface area (Å²) < 4.78 is 27.7. The summed E-state index contributed by atoms with van der Waals surface area (Å²) in [6, 6.07) is 9.52. The summed E-state index contributed by atoms with van der Waals surface area (Å²) in [6.45, 7) is 1.84. The molecule has 0 aliphatic rings. The van der Waals surface area contributed by atoms with Crippen LogP contribution in [0.2, 0.25) is 10.0 Å². The maximum absolute atomic E-state index is 12.3. The van der Waals surface area contributed by atoms with Gasteiger partial charge >= 0.3 is 0 Å². The van der Waals surface area contributed by atoms with Crippen LogP contribution in [0.1, 0.15) is 5.56 Å². The molecule has 0 unspecified atom stereocenters. The van der Waals surface area contributed by atoms with Gasteiger partial charge in [0, 0.05) is 9.50 Å². The van der Waals surface area contributed by atoms with Crippen molar-refractivity contribution in [1.29, 1.82) is 0 Å². The Morgan fingerprint density at radius 3 is 2.35 bits per heavy atom. The maximum Gasteiger partial charge on any atom is 0.263 e. The minimum Gasteiger partial charge on any atom is -0.280 e. The molecule has 0 bridgehead atoms. The van der Waals surface area contributed by atoms with Crippen LogP contribution in [0.5, 0.6) is 0 Å². The molecule has 0 heterocycles. The lowest BCUT2D eigenvalue weighted by atomic mass is 10.2. The Hall–Kier alpha value is -0.750. The molecular weight excluding hydrogens is 385 g/mol. The van der Waals surface area contributed by atoms with Crippen LogP contribution in [0.25, 0.3) is 0 Å². The predicted octanol–water partition coefficient (Wildman–Crippen LogP) is 4.87. The van der Waals surface area contributed by atoms with Gasteiger partial charge in [-0.25, -0.2) is 8.42 Å². The summed E-state index contributed by atoms with van der Waals surface area (Å²) in [5.74, 6) is 0. The van der Waals surface area contributed by atoms with Crippen molar-refractivity contribution in [1.82, 2.24) is 0 Å². The van der Waals surface area contributed by atoms with E-state index >= 15 is 0 Å². The Morgan fingerprint density at radius 2 is 1.75 bits per heavy atom. The number of benzene rings is 2. The van der Waals surface area contributed by atoms with Crippen molar-refractivity contribution in [2.75, 3.05) is 4.72 Å². The van der Waals surface area contributed by atoms with Crippen LogP contribution in [-0.2, 0) is 10.0 Å². The summed E-state index contributed by atoms with van der Waals surface area (Å²) in [5, 5.41) is 0.636. The monoisotopic (exact) mass is 393 g/mol. The van der Waals surface area contributed by atoms with Crippen molar-refractivity contribution in [3.63, 3.8) is 0 Å². The van der Waals surface area contributed by atoms with Crippen molar-refractivity contribution in [2.24, 2.45) is 0 Å². The molecule has 0 radical (unpaired) electrons. The van der Waals surface area contributed by atoms with Crippen molar-refractivity contribution in [2.45, 2.75) is 11.8 Å². The molecule has 0 atom stereocenters. The highest BCUT2D eigenvalue weighted by Gasteiger charge is 2.18. The van der Waals surface area contributed by atoms with E-state index in [2.05, 4.69) is 20.7 Å². The highest BCUT2D eigenvalue weighted by Crippen LogP contribution is 2.28. The Balaban J connectivity index is 2.38. The van der Waals surface area contributed by atoms with Gasteiger partial charge in [0.25, 0.3) is 10.0 Å². The molecule has 106 valence electrons. The zero-order valence-corrected chi connectivity index (χ0v) is 14.2. The highest BCUT2D eigenvalue weighted by molar-refractivity contribution is 9.10. The minimum atomic E-state index is -3.75. The van der Waals surface area contributed by atoms with Crippen LogP contribution >= 0.6 is 39.1 Å². The molecule has 0 aliphatic heterocycles. The van der Waals surface area contributed by atoms with Gasteiger partial charge in [0.1, 0.15) is 4.90 Å². The van der Waals surface area contributed by atoms with Gasteiger partial charge in [0.05, 0.1) is 10.7 Å². The number of hydrogen-bond acceptors (Lipinski definition) is 2. The van der Waals surface area contributed by atoms with Crippen molar-refractivity contribution >= 4 is 54.8 Å². The average Bonchev–Trinajstić information content (AvgIpc) is 2.33. The van der Waals surface area contributed by atoms with Gasteiger partial charge in [-0.1, -0.05) is 45.2 Å². The number of anilines is 1. The van der Waals surface area contributed by atoms with Crippen LogP contribution in [0, 0.1) is 6.92 Å². The van der Waals surface area contributed by atoms with E-state index in [1.165, 1.54) is 12.1 Å². The van der Waals surface area contributed by atoms with Gasteiger partial charge in [-0.3, -0.25) is 4.72 Å². The minimum absolute atomic E-state index is 0.0130. The second kappa shape index (κ2) is 5.93. The van der Waals surface area contributed by atoms with E-state index in [0.717, 1.165) is 5.56 Å². The van der Waals surface area contributed by atoms with E-state index in [1.807, 2.05) is 6.92 Å². The lowest BCUT2D eigenvalue weighted by Gasteiger charge is -2.10. The second-order valence-corrected chi connectivity index (χ2v) is 7.53. The maximum atomic E-state index is 12.3. The normalized spacial score (nSPS) is 11.4. The highest BCUT2D eigenvalue weighted by atomic mass is 79.9. The first-order chi connectivity index (χ1) is 9.29. The molecule has 1 N–H and O–H groups in total. The van der Waals surface area contributed by atoms with Crippen molar-refractivity contribution in [3.8, 4) is 0 Å². The van der Waals surface area contributed by atoms with Gasteiger partial charge in [0.15, 0.2) is 0 Å². The molecule has 0 aromatic heterocycles. The molecule has 0 aliphatic carbocycles. The summed E-state index contributed by atoms with van der Waals surface area (Å²) in [6.07, 6.45) is 0. The summed E-state index contributed by atoms with van der Waals surface area (Å²) in [7, 11) is -3.75. The van der Waals surface area contributed by atoms with Gasteiger partial charge in [-0.15, -0.1) is 0 Å². The lowest BCUT2D eigenvalue weighted by molar-refractivity contribution is 0.601. The van der Waals surface area contributed by atoms with E-state index < -0.39 is 10.0 Å². The van der Waals surface area contributed by atoms with Crippen molar-refractivity contribution < 1.29 is 8.42 Å². The fourth-order valence-corrected chi connectivity index (χ4v) is 3.83. The van der Waals surface area contributed by atoms with E-state index in [-0.39, 0.29) is 9.92 Å². The van der Waals surface area contributed by atoms with Crippen LogP contribution in [0.4, 0.5) is 5.69 Å². The molecule has 3 nitrogen and oxygen atoms in total. The fourth-order valence-electron chi connectivity index (χ4n) is 1.56. The Morgan fingerprint density at radius 1 is 1.05 bits per heavy atom. The molecule has 0 saturated carbocycles. The van der Waals surface area contributed by atoms with Gasteiger partial charge < -0.3 is 0 Å². The Labute approximate surface area is 136 Å². The topological polar surface area (TPSA) is 46.2 Å². The molecule has 0 amide bonds. The number of aryl methyl sites for hydroxylation is 1. The molecule has 20 heavy (non-hydrogen) atoms. The summed E-state index contributed by atoms with van der Waals surface area (Å²) in [5.41, 5.74) is 1.26. The SMILES string of the molecule is Cc1ccc(NS(=O)(=O)c2ccc(Br)cc2Cl)cc1Cl. The first-order valence-corrected chi connectivity index (χ1v) is 8.57. The number of rotatable bonds is 3.